The second-order valence-corrected chi connectivity index (χ2v) is 5.07. The van der Waals surface area contributed by atoms with Crippen molar-refractivity contribution in [2.24, 2.45) is 5.92 Å². The van der Waals surface area contributed by atoms with E-state index in [9.17, 15) is 53.5 Å². The lowest BCUT2D eigenvalue weighted by Gasteiger charge is -2.26. The van der Waals surface area contributed by atoms with Crippen LogP contribution in [0.4, 0.5) is 43.9 Å². The number of halogens is 10. The van der Waals surface area contributed by atoms with E-state index >= 15 is 0 Å². The first-order chi connectivity index (χ1) is 10.9. The van der Waals surface area contributed by atoms with Crippen LogP contribution in [-0.2, 0) is 14.3 Å². The second kappa shape index (κ2) is 7.23. The van der Waals surface area contributed by atoms with Gasteiger partial charge in [0.2, 0.25) is 0 Å². The molecule has 0 radical (unpaired) electrons. The molecule has 1 N–H and O–H groups in total. The highest BCUT2D eigenvalue weighted by Crippen LogP contribution is 2.37. The molecule has 0 spiro atoms. The maximum atomic E-state index is 12.8. The molecule has 0 aliphatic carbocycles. The molecule has 148 valence electrons. The van der Waals surface area contributed by atoms with Gasteiger partial charge < -0.3 is 10.1 Å². The summed E-state index contributed by atoms with van der Waals surface area (Å²) in [6.07, 6.45) is -12.6. The lowest BCUT2D eigenvalue weighted by molar-refractivity contribution is -0.281. The van der Waals surface area contributed by atoms with E-state index in [1.807, 2.05) is 0 Å². The molecule has 1 atom stereocenters. The van der Waals surface area contributed by atoms with Crippen molar-refractivity contribution in [3.05, 3.63) is 0 Å². The fourth-order valence-corrected chi connectivity index (χ4v) is 1.16. The molecule has 0 aromatic rings. The number of carbonyl (C=O) groups excluding carboxylic acids is 2. The molecule has 0 aliphatic heterocycles. The summed E-state index contributed by atoms with van der Waals surface area (Å²) in [5.74, 6) is -18.8. The molecule has 4 nitrogen and oxygen atoms in total. The number of hydrogen-bond donors (Lipinski definition) is 1. The fraction of sp³-hybridized carbons (Fsp3) is 0.818. The Kier molecular flexibility index (Phi) is 6.73. The minimum atomic E-state index is -6.30. The third kappa shape index (κ3) is 5.36. The first-order valence-corrected chi connectivity index (χ1v) is 6.23. The number of carbonyl (C=O) groups is 2. The summed E-state index contributed by atoms with van der Waals surface area (Å²) in [6.45, 7) is 0.695. The Morgan fingerprint density at radius 3 is 1.56 bits per heavy atom. The van der Waals surface area contributed by atoms with E-state index in [0.29, 0.717) is 0 Å². The lowest BCUT2D eigenvalue weighted by atomic mass is 10.0. The Hall–Kier alpha value is -1.76. The molecule has 0 saturated heterocycles. The zero-order valence-corrected chi connectivity index (χ0v) is 12.4. The van der Waals surface area contributed by atoms with Crippen LogP contribution in [0.3, 0.4) is 0 Å². The molecule has 0 heterocycles. The third-order valence-corrected chi connectivity index (χ3v) is 2.77. The maximum absolute atomic E-state index is 12.8. The maximum Gasteiger partial charge on any atom is 0.465 e. The number of nitrogens with one attached hydrogen (secondary N) is 1. The van der Waals surface area contributed by atoms with Crippen molar-refractivity contribution >= 4 is 11.9 Å². The van der Waals surface area contributed by atoms with Crippen molar-refractivity contribution in [2.45, 2.75) is 44.1 Å². The van der Waals surface area contributed by atoms with Crippen molar-refractivity contribution in [3.8, 4) is 0 Å². The van der Waals surface area contributed by atoms with Crippen molar-refractivity contribution in [1.82, 2.24) is 5.32 Å². The summed E-state index contributed by atoms with van der Waals surface area (Å²) < 4.78 is 126. The van der Waals surface area contributed by atoms with Crippen LogP contribution >= 0.6 is 0 Å². The van der Waals surface area contributed by atoms with Gasteiger partial charge in [0.25, 0.3) is 0 Å². The minimum Gasteiger partial charge on any atom is -0.459 e. The number of esters is 1. The Balaban J connectivity index is 5.08. The van der Waals surface area contributed by atoms with E-state index in [2.05, 4.69) is 4.74 Å². The second-order valence-electron chi connectivity index (χ2n) is 5.07. The van der Waals surface area contributed by atoms with Crippen LogP contribution in [0.5, 0.6) is 0 Å². The predicted octanol–water partition coefficient (Wildman–Crippen LogP) is 3.07. The standard InChI is InChI=1S/C11H11F10NO3/c1-4(2)5(22-6(23)8(12,13)10(16,17)18)3-25-7(24)9(14,15)11(19,20)21/h4-5H,3H2,1-2H3,(H,22,23)/t5-/m0/s1. The zero-order chi connectivity index (χ0) is 20.4. The van der Waals surface area contributed by atoms with Crippen molar-refractivity contribution < 1.29 is 58.2 Å². The molecule has 25 heavy (non-hydrogen) atoms. The quantitative estimate of drug-likeness (QED) is 0.556. The monoisotopic (exact) mass is 395 g/mol. The molecule has 0 rings (SSSR count). The Bertz CT molecular complexity index is 497. The fourth-order valence-electron chi connectivity index (χ4n) is 1.16. The van der Waals surface area contributed by atoms with Crippen molar-refractivity contribution in [1.29, 1.82) is 0 Å². The largest absolute Gasteiger partial charge is 0.465 e. The Morgan fingerprint density at radius 2 is 1.24 bits per heavy atom. The molecule has 0 aromatic carbocycles. The van der Waals surface area contributed by atoms with Gasteiger partial charge in [0.1, 0.15) is 6.61 Å². The normalized spacial score (nSPS) is 15.1. The van der Waals surface area contributed by atoms with Gasteiger partial charge in [0, 0.05) is 0 Å². The average molecular weight is 395 g/mol. The number of alkyl halides is 10. The van der Waals surface area contributed by atoms with Gasteiger partial charge in [0.05, 0.1) is 6.04 Å². The summed E-state index contributed by atoms with van der Waals surface area (Å²) >= 11 is 0. The van der Waals surface area contributed by atoms with Crippen molar-refractivity contribution in [2.75, 3.05) is 6.61 Å². The molecular weight excluding hydrogens is 384 g/mol. The highest BCUT2D eigenvalue weighted by Gasteiger charge is 2.65. The minimum absolute atomic E-state index is 1.06. The third-order valence-electron chi connectivity index (χ3n) is 2.77. The van der Waals surface area contributed by atoms with Gasteiger partial charge in [-0.3, -0.25) is 4.79 Å². The number of hydrogen-bond acceptors (Lipinski definition) is 3. The number of ether oxygens (including phenoxy) is 1. The summed E-state index contributed by atoms with van der Waals surface area (Å²) in [6, 6.07) is -1.88. The van der Waals surface area contributed by atoms with Gasteiger partial charge in [-0.1, -0.05) is 13.8 Å². The topological polar surface area (TPSA) is 55.4 Å². The SMILES string of the molecule is CC(C)[C@H](COC(=O)C(F)(F)C(F)(F)F)NC(=O)C(F)(F)C(F)(F)F. The van der Waals surface area contributed by atoms with Gasteiger partial charge in [0.15, 0.2) is 0 Å². The highest BCUT2D eigenvalue weighted by molar-refractivity contribution is 5.84. The van der Waals surface area contributed by atoms with Gasteiger partial charge in [-0.2, -0.15) is 43.9 Å². The van der Waals surface area contributed by atoms with E-state index in [0.717, 1.165) is 19.2 Å². The van der Waals surface area contributed by atoms with Crippen LogP contribution in [0.2, 0.25) is 0 Å². The van der Waals surface area contributed by atoms with E-state index < -0.39 is 54.6 Å². The van der Waals surface area contributed by atoms with E-state index in [-0.39, 0.29) is 0 Å². The van der Waals surface area contributed by atoms with E-state index in [1.54, 1.807) is 0 Å². The molecule has 0 bridgehead atoms. The van der Waals surface area contributed by atoms with Gasteiger partial charge in [-0.05, 0) is 5.92 Å². The van der Waals surface area contributed by atoms with E-state index in [1.165, 1.54) is 0 Å². The van der Waals surface area contributed by atoms with Crippen molar-refractivity contribution in [3.63, 3.8) is 0 Å². The van der Waals surface area contributed by atoms with E-state index in [4.69, 9.17) is 0 Å². The lowest BCUT2D eigenvalue weighted by Crippen LogP contribution is -2.55. The smallest absolute Gasteiger partial charge is 0.459 e. The first kappa shape index (κ1) is 23.2. The average Bonchev–Trinajstić information content (AvgIpc) is 2.39. The Labute approximate surface area is 133 Å². The summed E-state index contributed by atoms with van der Waals surface area (Å²) in [4.78, 5) is 21.7. The molecular formula is C11H11F10NO3. The first-order valence-electron chi connectivity index (χ1n) is 6.23. The molecule has 1 amide bonds. The molecule has 0 saturated carbocycles. The Morgan fingerprint density at radius 1 is 0.840 bits per heavy atom. The molecule has 0 aliphatic rings. The number of rotatable bonds is 6. The summed E-state index contributed by atoms with van der Waals surface area (Å²) in [5, 5.41) is 1.10. The van der Waals surface area contributed by atoms with Crippen LogP contribution in [0.25, 0.3) is 0 Å². The van der Waals surface area contributed by atoms with Crippen LogP contribution in [-0.4, -0.2) is 48.7 Å². The predicted molar refractivity (Wildman–Crippen MR) is 59.7 cm³/mol. The molecule has 14 heteroatoms. The van der Waals surface area contributed by atoms with Gasteiger partial charge in [-0.15, -0.1) is 0 Å². The molecule has 0 aromatic heterocycles. The van der Waals surface area contributed by atoms with Crippen LogP contribution in [0.15, 0.2) is 0 Å². The molecule has 0 fully saturated rings. The summed E-state index contributed by atoms with van der Waals surface area (Å²) in [5.41, 5.74) is 0. The molecule has 0 unspecified atom stereocenters. The van der Waals surface area contributed by atoms with Crippen LogP contribution in [0, 0.1) is 5.92 Å². The van der Waals surface area contributed by atoms with Crippen LogP contribution < -0.4 is 5.32 Å². The number of amides is 1. The van der Waals surface area contributed by atoms with Gasteiger partial charge in [-0.25, -0.2) is 4.79 Å². The van der Waals surface area contributed by atoms with Crippen LogP contribution in [0.1, 0.15) is 13.8 Å². The zero-order valence-electron chi connectivity index (χ0n) is 12.4. The summed E-state index contributed by atoms with van der Waals surface area (Å²) in [7, 11) is 0. The highest BCUT2D eigenvalue weighted by atomic mass is 19.4. The van der Waals surface area contributed by atoms with Gasteiger partial charge >= 0.3 is 36.1 Å².